The molecular weight excluding hydrogens is 386 g/mol. The van der Waals surface area contributed by atoms with Gasteiger partial charge in [-0.05, 0) is 43.5 Å². The van der Waals surface area contributed by atoms with Crippen molar-refractivity contribution in [2.75, 3.05) is 7.11 Å². The zero-order chi connectivity index (χ0) is 20.5. The monoisotopic (exact) mass is 405 g/mol. The van der Waals surface area contributed by atoms with Crippen molar-refractivity contribution < 1.29 is 9.53 Å². The molecule has 0 amide bonds. The zero-order valence-corrected chi connectivity index (χ0v) is 17.2. The summed E-state index contributed by atoms with van der Waals surface area (Å²) >= 11 is 6.16. The van der Waals surface area contributed by atoms with Crippen molar-refractivity contribution in [1.29, 1.82) is 0 Å². The molecule has 0 unspecified atom stereocenters. The molecule has 146 valence electrons. The molecule has 1 aliphatic rings. The van der Waals surface area contributed by atoms with Gasteiger partial charge in [-0.2, -0.15) is 5.10 Å². The zero-order valence-electron chi connectivity index (χ0n) is 16.4. The van der Waals surface area contributed by atoms with E-state index in [4.69, 9.17) is 21.4 Å². The minimum atomic E-state index is -0.446. The Kier molecular flexibility index (Phi) is 5.07. The summed E-state index contributed by atoms with van der Waals surface area (Å²) in [6.45, 7) is 3.77. The van der Waals surface area contributed by atoms with Gasteiger partial charge in [0.15, 0.2) is 5.65 Å². The number of carbonyl (C=O) groups is 1. The lowest BCUT2D eigenvalue weighted by Gasteiger charge is -2.14. The van der Waals surface area contributed by atoms with Gasteiger partial charge >= 0.3 is 5.97 Å². The number of methoxy groups -OCH3 is 1. The summed E-state index contributed by atoms with van der Waals surface area (Å²) in [5.41, 5.74) is 6.01. The van der Waals surface area contributed by atoms with Gasteiger partial charge in [0.05, 0.1) is 24.2 Å². The fraction of sp³-hybridized carbons (Fsp3) is 0.174. The van der Waals surface area contributed by atoms with Crippen LogP contribution in [0.2, 0.25) is 5.02 Å². The minimum Gasteiger partial charge on any atom is -0.465 e. The number of aromatic nitrogens is 3. The first-order valence-corrected chi connectivity index (χ1v) is 9.65. The predicted molar refractivity (Wildman–Crippen MR) is 115 cm³/mol. The molecule has 1 aromatic carbocycles. The van der Waals surface area contributed by atoms with Crippen LogP contribution in [0.1, 0.15) is 33.7 Å². The highest BCUT2D eigenvalue weighted by Gasteiger charge is 2.24. The summed E-state index contributed by atoms with van der Waals surface area (Å²) < 4.78 is 6.78. The standard InChI is InChI=1S/C23H20ClN3O2/c1-14-12-17(24)10-11-18(14)22-21(23(28)29-3)15(2)25-20-13-19(26-27(20)22)16-8-6-4-5-7-9-16/h4-8,10-13H,9H2,1-3H3. The highest BCUT2D eigenvalue weighted by Crippen LogP contribution is 2.32. The van der Waals surface area contributed by atoms with Crippen molar-refractivity contribution in [3.63, 3.8) is 0 Å². The molecule has 0 spiro atoms. The Morgan fingerprint density at radius 1 is 1.17 bits per heavy atom. The molecule has 0 bridgehead atoms. The van der Waals surface area contributed by atoms with E-state index in [-0.39, 0.29) is 0 Å². The number of aryl methyl sites for hydroxylation is 2. The van der Waals surface area contributed by atoms with Crippen molar-refractivity contribution in [1.82, 2.24) is 14.6 Å². The van der Waals surface area contributed by atoms with Gasteiger partial charge < -0.3 is 4.74 Å². The molecule has 29 heavy (non-hydrogen) atoms. The van der Waals surface area contributed by atoms with E-state index in [9.17, 15) is 4.79 Å². The Labute approximate surface area is 174 Å². The van der Waals surface area contributed by atoms with Gasteiger partial charge in [0.2, 0.25) is 0 Å². The van der Waals surface area contributed by atoms with Crippen molar-refractivity contribution in [3.05, 3.63) is 82.2 Å². The van der Waals surface area contributed by atoms with Gasteiger partial charge in [0.1, 0.15) is 5.56 Å². The first kappa shape index (κ1) is 19.2. The second-order valence-corrected chi connectivity index (χ2v) is 7.32. The van der Waals surface area contributed by atoms with E-state index in [2.05, 4.69) is 11.1 Å². The van der Waals surface area contributed by atoms with Crippen LogP contribution in [0, 0.1) is 13.8 Å². The predicted octanol–water partition coefficient (Wildman–Crippen LogP) is 5.35. The fourth-order valence-corrected chi connectivity index (χ4v) is 3.76. The van der Waals surface area contributed by atoms with E-state index < -0.39 is 5.97 Å². The number of ether oxygens (including phenoxy) is 1. The Morgan fingerprint density at radius 2 is 2.00 bits per heavy atom. The molecule has 0 aliphatic heterocycles. The Bertz CT molecular complexity index is 1220. The lowest BCUT2D eigenvalue weighted by Crippen LogP contribution is -2.13. The molecule has 5 nitrogen and oxygen atoms in total. The number of esters is 1. The maximum absolute atomic E-state index is 12.6. The number of fused-ring (bicyclic) bond motifs is 1. The average molecular weight is 406 g/mol. The molecule has 0 saturated heterocycles. The molecule has 1 aliphatic carbocycles. The van der Waals surface area contributed by atoms with E-state index in [1.54, 1.807) is 10.6 Å². The molecule has 6 heteroatoms. The molecule has 3 aromatic rings. The molecule has 0 fully saturated rings. The van der Waals surface area contributed by atoms with E-state index in [0.29, 0.717) is 27.6 Å². The number of hydrogen-bond acceptors (Lipinski definition) is 4. The summed E-state index contributed by atoms with van der Waals surface area (Å²) in [7, 11) is 1.37. The minimum absolute atomic E-state index is 0.398. The van der Waals surface area contributed by atoms with Crippen molar-refractivity contribution >= 4 is 28.8 Å². The maximum atomic E-state index is 12.6. The number of halogens is 1. The average Bonchev–Trinajstić information content (AvgIpc) is 2.92. The van der Waals surface area contributed by atoms with Crippen LogP contribution in [0.15, 0.2) is 54.6 Å². The SMILES string of the molecule is COC(=O)c1c(C)nc2cc(C3=CC=CC=CC3)nn2c1-c1ccc(Cl)cc1C. The van der Waals surface area contributed by atoms with Gasteiger partial charge in [-0.25, -0.2) is 14.3 Å². The number of hydrogen-bond donors (Lipinski definition) is 0. The largest absolute Gasteiger partial charge is 0.465 e. The van der Waals surface area contributed by atoms with Crippen LogP contribution >= 0.6 is 11.6 Å². The first-order chi connectivity index (χ1) is 14.0. The maximum Gasteiger partial charge on any atom is 0.341 e. The quantitative estimate of drug-likeness (QED) is 0.551. The summed E-state index contributed by atoms with van der Waals surface area (Å²) in [6.07, 6.45) is 10.9. The van der Waals surface area contributed by atoms with Crippen LogP contribution in [0.4, 0.5) is 0 Å². The van der Waals surface area contributed by atoms with Crippen LogP contribution in [-0.4, -0.2) is 27.7 Å². The van der Waals surface area contributed by atoms with Crippen molar-refractivity contribution in [2.45, 2.75) is 20.3 Å². The second kappa shape index (κ2) is 7.68. The van der Waals surface area contributed by atoms with Crippen LogP contribution in [0.25, 0.3) is 22.5 Å². The summed E-state index contributed by atoms with van der Waals surface area (Å²) in [6, 6.07) is 7.52. The third-order valence-electron chi connectivity index (χ3n) is 4.94. The molecular formula is C23H20ClN3O2. The number of benzene rings is 1. The fourth-order valence-electron chi connectivity index (χ4n) is 3.53. The number of carbonyl (C=O) groups excluding carboxylic acids is 1. The van der Waals surface area contributed by atoms with Gasteiger partial charge in [-0.15, -0.1) is 0 Å². The summed E-state index contributed by atoms with van der Waals surface area (Å²) in [5.74, 6) is -0.446. The smallest absolute Gasteiger partial charge is 0.341 e. The molecule has 0 radical (unpaired) electrons. The van der Waals surface area contributed by atoms with E-state index in [1.807, 2.05) is 56.4 Å². The van der Waals surface area contributed by atoms with E-state index in [1.165, 1.54) is 7.11 Å². The van der Waals surface area contributed by atoms with Crippen molar-refractivity contribution in [3.8, 4) is 11.3 Å². The Hall–Kier alpha value is -3.18. The summed E-state index contributed by atoms with van der Waals surface area (Å²) in [5, 5.41) is 5.45. The van der Waals surface area contributed by atoms with Gasteiger partial charge in [0, 0.05) is 16.7 Å². The highest BCUT2D eigenvalue weighted by molar-refractivity contribution is 6.30. The van der Waals surface area contributed by atoms with Crippen molar-refractivity contribution in [2.24, 2.45) is 0 Å². The molecule has 0 atom stereocenters. The number of allylic oxidation sites excluding steroid dienone is 6. The van der Waals surface area contributed by atoms with Crippen LogP contribution in [-0.2, 0) is 4.74 Å². The lowest BCUT2D eigenvalue weighted by molar-refractivity contribution is 0.0599. The first-order valence-electron chi connectivity index (χ1n) is 9.27. The normalized spacial score (nSPS) is 13.4. The molecule has 2 heterocycles. The highest BCUT2D eigenvalue weighted by atomic mass is 35.5. The van der Waals surface area contributed by atoms with E-state index >= 15 is 0 Å². The molecule has 2 aromatic heterocycles. The third kappa shape index (κ3) is 3.49. The number of nitrogens with zero attached hydrogens (tertiary/aromatic N) is 3. The van der Waals surface area contributed by atoms with Crippen LogP contribution in [0.5, 0.6) is 0 Å². The van der Waals surface area contributed by atoms with Crippen LogP contribution in [0.3, 0.4) is 0 Å². The third-order valence-corrected chi connectivity index (χ3v) is 5.17. The summed E-state index contributed by atoms with van der Waals surface area (Å²) in [4.78, 5) is 17.3. The second-order valence-electron chi connectivity index (χ2n) is 6.88. The van der Waals surface area contributed by atoms with Crippen LogP contribution < -0.4 is 0 Å². The molecule has 0 N–H and O–H groups in total. The molecule has 0 saturated carbocycles. The number of rotatable bonds is 3. The van der Waals surface area contributed by atoms with E-state index in [0.717, 1.165) is 28.8 Å². The topological polar surface area (TPSA) is 56.5 Å². The lowest BCUT2D eigenvalue weighted by atomic mass is 10.00. The van der Waals surface area contributed by atoms with Gasteiger partial charge in [-0.1, -0.05) is 48.0 Å². The Morgan fingerprint density at radius 3 is 2.76 bits per heavy atom. The Balaban J connectivity index is 2.04. The van der Waals surface area contributed by atoms with Gasteiger partial charge in [0.25, 0.3) is 0 Å². The molecule has 4 rings (SSSR count). The van der Waals surface area contributed by atoms with Gasteiger partial charge in [-0.3, -0.25) is 0 Å².